The van der Waals surface area contributed by atoms with Gasteiger partial charge < -0.3 is 9.64 Å². The van der Waals surface area contributed by atoms with Crippen LogP contribution in [0.4, 0.5) is 0 Å². The second kappa shape index (κ2) is 9.41. The maximum atomic E-state index is 12.7. The van der Waals surface area contributed by atoms with Crippen LogP contribution in [0.25, 0.3) is 0 Å². The highest BCUT2D eigenvalue weighted by molar-refractivity contribution is 7.89. The maximum absolute atomic E-state index is 12.7. The number of nitrogens with one attached hydrogen (secondary N) is 1. The molecule has 0 aliphatic carbocycles. The standard InChI is InChI=1S/C20H25ClN2O4S/c1-5-14(2)22-28(25,26)18-9-6-15(7-10-18)20(24)23(3)13-16-12-17(21)8-11-19(16)27-4/h6-12,14,22H,5,13H2,1-4H3/t14-/m0/s1. The number of sulfonamides is 1. The SMILES string of the molecule is CC[C@H](C)NS(=O)(=O)c1ccc(C(=O)N(C)Cc2cc(Cl)ccc2OC)cc1. The van der Waals surface area contributed by atoms with E-state index in [9.17, 15) is 13.2 Å². The lowest BCUT2D eigenvalue weighted by Crippen LogP contribution is -2.32. The fraction of sp³-hybridized carbons (Fsp3) is 0.350. The van der Waals surface area contributed by atoms with Crippen molar-refractivity contribution >= 4 is 27.5 Å². The average molecular weight is 425 g/mol. The minimum Gasteiger partial charge on any atom is -0.496 e. The Morgan fingerprint density at radius 2 is 1.86 bits per heavy atom. The number of ether oxygens (including phenoxy) is 1. The van der Waals surface area contributed by atoms with E-state index in [1.807, 2.05) is 6.92 Å². The zero-order valence-corrected chi connectivity index (χ0v) is 18.0. The van der Waals surface area contributed by atoms with Gasteiger partial charge >= 0.3 is 0 Å². The third-order valence-electron chi connectivity index (χ3n) is 4.38. The van der Waals surface area contributed by atoms with Gasteiger partial charge in [-0.3, -0.25) is 4.79 Å². The van der Waals surface area contributed by atoms with Crippen LogP contribution in [-0.2, 0) is 16.6 Å². The molecule has 1 atom stereocenters. The number of hydrogen-bond acceptors (Lipinski definition) is 4. The number of hydrogen-bond donors (Lipinski definition) is 1. The Kier molecular flexibility index (Phi) is 7.46. The fourth-order valence-electron chi connectivity index (χ4n) is 2.61. The number of carbonyl (C=O) groups is 1. The van der Waals surface area contributed by atoms with Crippen LogP contribution in [0.1, 0.15) is 36.2 Å². The van der Waals surface area contributed by atoms with Crippen molar-refractivity contribution in [3.05, 3.63) is 58.6 Å². The average Bonchev–Trinajstić information content (AvgIpc) is 2.67. The third-order valence-corrected chi connectivity index (χ3v) is 6.22. The lowest BCUT2D eigenvalue weighted by atomic mass is 10.1. The van der Waals surface area contributed by atoms with Crippen LogP contribution in [0.2, 0.25) is 5.02 Å². The van der Waals surface area contributed by atoms with E-state index in [4.69, 9.17) is 16.3 Å². The Hall–Kier alpha value is -2.09. The molecular formula is C20H25ClN2O4S. The molecule has 0 aliphatic rings. The van der Waals surface area contributed by atoms with Crippen molar-refractivity contribution in [2.24, 2.45) is 0 Å². The summed E-state index contributed by atoms with van der Waals surface area (Å²) in [4.78, 5) is 14.4. The Balaban J connectivity index is 2.15. The molecule has 0 aliphatic heterocycles. The molecule has 0 saturated heterocycles. The summed E-state index contributed by atoms with van der Waals surface area (Å²) in [6, 6.07) is 11.0. The van der Waals surface area contributed by atoms with E-state index < -0.39 is 10.0 Å². The highest BCUT2D eigenvalue weighted by Gasteiger charge is 2.19. The summed E-state index contributed by atoms with van der Waals surface area (Å²) in [5.41, 5.74) is 1.17. The summed E-state index contributed by atoms with van der Waals surface area (Å²) < 4.78 is 32.6. The number of carbonyl (C=O) groups excluding carboxylic acids is 1. The molecule has 2 rings (SSSR count). The maximum Gasteiger partial charge on any atom is 0.253 e. The molecule has 0 radical (unpaired) electrons. The van der Waals surface area contributed by atoms with E-state index >= 15 is 0 Å². The number of rotatable bonds is 8. The van der Waals surface area contributed by atoms with Crippen molar-refractivity contribution in [2.45, 2.75) is 37.8 Å². The van der Waals surface area contributed by atoms with E-state index in [1.54, 1.807) is 39.3 Å². The van der Waals surface area contributed by atoms with Gasteiger partial charge in [0.2, 0.25) is 10.0 Å². The minimum absolute atomic E-state index is 0.128. The van der Waals surface area contributed by atoms with Crippen LogP contribution in [0, 0.1) is 0 Å². The number of benzene rings is 2. The molecule has 0 bridgehead atoms. The van der Waals surface area contributed by atoms with E-state index in [2.05, 4.69) is 4.72 Å². The molecule has 0 heterocycles. The van der Waals surface area contributed by atoms with Crippen LogP contribution < -0.4 is 9.46 Å². The molecule has 0 spiro atoms. The molecule has 0 saturated carbocycles. The molecule has 0 fully saturated rings. The van der Waals surface area contributed by atoms with E-state index in [1.165, 1.54) is 29.2 Å². The predicted molar refractivity (Wildman–Crippen MR) is 110 cm³/mol. The van der Waals surface area contributed by atoms with Gasteiger partial charge in [-0.15, -0.1) is 0 Å². The van der Waals surface area contributed by atoms with E-state index in [-0.39, 0.29) is 16.8 Å². The van der Waals surface area contributed by atoms with Gasteiger partial charge in [-0.2, -0.15) is 0 Å². The van der Waals surface area contributed by atoms with Gasteiger partial charge in [-0.05, 0) is 55.8 Å². The normalized spacial score (nSPS) is 12.5. The van der Waals surface area contributed by atoms with Gasteiger partial charge in [0.1, 0.15) is 5.75 Å². The smallest absolute Gasteiger partial charge is 0.253 e. The third kappa shape index (κ3) is 5.47. The summed E-state index contributed by atoms with van der Waals surface area (Å²) in [5, 5.41) is 0.556. The largest absolute Gasteiger partial charge is 0.496 e. The second-order valence-electron chi connectivity index (χ2n) is 6.57. The van der Waals surface area contributed by atoms with Crippen LogP contribution in [0.15, 0.2) is 47.4 Å². The molecule has 2 aromatic rings. The minimum atomic E-state index is -3.60. The zero-order valence-electron chi connectivity index (χ0n) is 16.4. The van der Waals surface area contributed by atoms with Crippen LogP contribution in [0.5, 0.6) is 5.75 Å². The predicted octanol–water partition coefficient (Wildman–Crippen LogP) is 3.70. The molecule has 6 nitrogen and oxygen atoms in total. The lowest BCUT2D eigenvalue weighted by molar-refractivity contribution is 0.0784. The Labute approximate surface area is 171 Å². The van der Waals surface area contributed by atoms with Crippen molar-refractivity contribution in [3.63, 3.8) is 0 Å². The van der Waals surface area contributed by atoms with Gasteiger partial charge in [0.15, 0.2) is 0 Å². The Bertz CT molecular complexity index is 930. The second-order valence-corrected chi connectivity index (χ2v) is 8.72. The Morgan fingerprint density at radius 3 is 2.43 bits per heavy atom. The first-order valence-corrected chi connectivity index (χ1v) is 10.7. The summed E-state index contributed by atoms with van der Waals surface area (Å²) in [6.45, 7) is 4.01. The molecule has 1 N–H and O–H groups in total. The fourth-order valence-corrected chi connectivity index (χ4v) is 4.13. The van der Waals surface area contributed by atoms with Crippen LogP contribution in [0.3, 0.4) is 0 Å². The summed E-state index contributed by atoms with van der Waals surface area (Å²) in [6.07, 6.45) is 0.688. The lowest BCUT2D eigenvalue weighted by Gasteiger charge is -2.19. The first kappa shape index (κ1) is 22.2. The van der Waals surface area contributed by atoms with Gasteiger partial charge in [0, 0.05) is 35.8 Å². The molecule has 0 unspecified atom stereocenters. The number of amides is 1. The quantitative estimate of drug-likeness (QED) is 0.701. The molecule has 0 aromatic heterocycles. The summed E-state index contributed by atoms with van der Waals surface area (Å²) in [5.74, 6) is 0.405. The van der Waals surface area contributed by atoms with Crippen molar-refractivity contribution in [2.75, 3.05) is 14.2 Å². The first-order chi connectivity index (χ1) is 13.2. The van der Waals surface area contributed by atoms with Crippen molar-refractivity contribution in [3.8, 4) is 5.75 Å². The molecular weight excluding hydrogens is 400 g/mol. The highest BCUT2D eigenvalue weighted by Crippen LogP contribution is 2.24. The molecule has 8 heteroatoms. The summed E-state index contributed by atoms with van der Waals surface area (Å²) in [7, 11) is -0.382. The van der Waals surface area contributed by atoms with Crippen LogP contribution in [-0.4, -0.2) is 39.4 Å². The van der Waals surface area contributed by atoms with E-state index in [0.717, 1.165) is 5.56 Å². The van der Waals surface area contributed by atoms with Crippen molar-refractivity contribution < 1.29 is 17.9 Å². The molecule has 1 amide bonds. The van der Waals surface area contributed by atoms with Gasteiger partial charge in [0.25, 0.3) is 5.91 Å². The molecule has 152 valence electrons. The number of nitrogens with zero attached hydrogens (tertiary/aromatic N) is 1. The monoisotopic (exact) mass is 424 g/mol. The Morgan fingerprint density at radius 1 is 1.21 bits per heavy atom. The van der Waals surface area contributed by atoms with Crippen molar-refractivity contribution in [1.29, 1.82) is 0 Å². The van der Waals surface area contributed by atoms with E-state index in [0.29, 0.717) is 29.3 Å². The van der Waals surface area contributed by atoms with Gasteiger partial charge in [0.05, 0.1) is 12.0 Å². The molecule has 2 aromatic carbocycles. The van der Waals surface area contributed by atoms with Gasteiger partial charge in [-0.1, -0.05) is 18.5 Å². The van der Waals surface area contributed by atoms with Crippen molar-refractivity contribution in [1.82, 2.24) is 9.62 Å². The first-order valence-electron chi connectivity index (χ1n) is 8.88. The van der Waals surface area contributed by atoms with Gasteiger partial charge in [-0.25, -0.2) is 13.1 Å². The number of halogens is 1. The molecule has 28 heavy (non-hydrogen) atoms. The summed E-state index contributed by atoms with van der Waals surface area (Å²) >= 11 is 6.04. The number of methoxy groups -OCH3 is 1. The topological polar surface area (TPSA) is 75.7 Å². The zero-order chi connectivity index (χ0) is 20.9. The highest BCUT2D eigenvalue weighted by atomic mass is 35.5. The van der Waals surface area contributed by atoms with Crippen LogP contribution >= 0.6 is 11.6 Å².